The number of rotatable bonds is 5. The van der Waals surface area contributed by atoms with E-state index in [1.165, 1.54) is 18.2 Å². The van der Waals surface area contributed by atoms with Crippen molar-refractivity contribution in [3.05, 3.63) is 58.6 Å². The molecule has 0 bridgehead atoms. The number of hydrogen-bond acceptors (Lipinski definition) is 3. The van der Waals surface area contributed by atoms with E-state index in [1.807, 2.05) is 25.1 Å². The zero-order chi connectivity index (χ0) is 17.3. The number of anilines is 1. The number of amides is 1. The minimum Gasteiger partial charge on any atom is -0.322 e. The molecule has 24 heavy (non-hydrogen) atoms. The van der Waals surface area contributed by atoms with Crippen LogP contribution in [0.4, 0.5) is 5.69 Å². The van der Waals surface area contributed by atoms with E-state index in [0.29, 0.717) is 5.69 Å². The normalized spacial score (nSPS) is 14.4. The predicted molar refractivity (Wildman–Crippen MR) is 93.9 cm³/mol. The summed E-state index contributed by atoms with van der Waals surface area (Å²) in [5, 5.41) is 2.87. The molecule has 1 aliphatic carbocycles. The second-order valence-electron chi connectivity index (χ2n) is 5.81. The molecule has 2 N–H and O–H groups in total. The lowest BCUT2D eigenvalue weighted by atomic mass is 10.1. The van der Waals surface area contributed by atoms with Crippen LogP contribution in [0.2, 0.25) is 5.02 Å². The van der Waals surface area contributed by atoms with E-state index in [9.17, 15) is 13.2 Å². The van der Waals surface area contributed by atoms with Gasteiger partial charge in [-0.2, -0.15) is 0 Å². The lowest BCUT2D eigenvalue weighted by Gasteiger charge is -2.11. The molecule has 3 rings (SSSR count). The molecule has 1 fully saturated rings. The molecular weight excluding hydrogens is 348 g/mol. The molecule has 1 aliphatic rings. The van der Waals surface area contributed by atoms with E-state index >= 15 is 0 Å². The molecule has 0 unspecified atom stereocenters. The number of carbonyl (C=O) groups is 1. The third kappa shape index (κ3) is 3.77. The lowest BCUT2D eigenvalue weighted by Crippen LogP contribution is -2.26. The molecular formula is C17H17ClN2O3S. The first-order valence-corrected chi connectivity index (χ1v) is 9.42. The van der Waals surface area contributed by atoms with Gasteiger partial charge in [-0.25, -0.2) is 13.1 Å². The van der Waals surface area contributed by atoms with Gasteiger partial charge in [0.25, 0.3) is 5.91 Å². The van der Waals surface area contributed by atoms with Crippen molar-refractivity contribution in [2.45, 2.75) is 30.7 Å². The summed E-state index contributed by atoms with van der Waals surface area (Å²) in [6.45, 7) is 1.88. The van der Waals surface area contributed by atoms with Crippen LogP contribution in [0.1, 0.15) is 28.8 Å². The van der Waals surface area contributed by atoms with Crippen LogP contribution in [0.5, 0.6) is 0 Å². The number of aryl methyl sites for hydroxylation is 1. The second kappa shape index (κ2) is 6.55. The third-order valence-electron chi connectivity index (χ3n) is 3.78. The van der Waals surface area contributed by atoms with Gasteiger partial charge in [-0.05, 0) is 49.6 Å². The average molecular weight is 365 g/mol. The van der Waals surface area contributed by atoms with Gasteiger partial charge in [0, 0.05) is 17.3 Å². The Bertz CT molecular complexity index is 892. The number of sulfonamides is 1. The summed E-state index contributed by atoms with van der Waals surface area (Å²) in [5.74, 6) is -0.385. The fourth-order valence-electron chi connectivity index (χ4n) is 2.24. The highest BCUT2D eigenvalue weighted by atomic mass is 35.5. The van der Waals surface area contributed by atoms with Gasteiger partial charge in [0.15, 0.2) is 0 Å². The fourth-order valence-corrected chi connectivity index (χ4v) is 4.07. The summed E-state index contributed by atoms with van der Waals surface area (Å²) in [6.07, 6.45) is 1.65. The number of halogens is 1. The predicted octanol–water partition coefficient (Wildman–Crippen LogP) is 3.34. The van der Waals surface area contributed by atoms with Gasteiger partial charge in [0.2, 0.25) is 10.0 Å². The van der Waals surface area contributed by atoms with E-state index in [1.54, 1.807) is 6.07 Å². The Morgan fingerprint density at radius 2 is 1.88 bits per heavy atom. The Balaban J connectivity index is 1.87. The van der Waals surface area contributed by atoms with E-state index in [2.05, 4.69) is 10.0 Å². The van der Waals surface area contributed by atoms with Crippen LogP contribution in [0.25, 0.3) is 0 Å². The van der Waals surface area contributed by atoms with Crippen LogP contribution in [-0.2, 0) is 10.0 Å². The van der Waals surface area contributed by atoms with E-state index in [-0.39, 0.29) is 27.4 Å². The Morgan fingerprint density at radius 3 is 2.54 bits per heavy atom. The molecule has 0 aliphatic heterocycles. The van der Waals surface area contributed by atoms with Crippen molar-refractivity contribution in [2.24, 2.45) is 0 Å². The first-order valence-electron chi connectivity index (χ1n) is 7.56. The van der Waals surface area contributed by atoms with Gasteiger partial charge in [-0.3, -0.25) is 4.79 Å². The van der Waals surface area contributed by atoms with Crippen molar-refractivity contribution in [1.29, 1.82) is 0 Å². The van der Waals surface area contributed by atoms with Gasteiger partial charge in [-0.15, -0.1) is 0 Å². The maximum atomic E-state index is 12.4. The highest BCUT2D eigenvalue weighted by molar-refractivity contribution is 7.89. The van der Waals surface area contributed by atoms with Crippen LogP contribution in [0.15, 0.2) is 47.4 Å². The first-order chi connectivity index (χ1) is 11.4. The zero-order valence-corrected chi connectivity index (χ0v) is 14.6. The topological polar surface area (TPSA) is 75.3 Å². The molecule has 0 aromatic heterocycles. The molecule has 5 nitrogen and oxygen atoms in total. The number of benzene rings is 2. The maximum Gasteiger partial charge on any atom is 0.255 e. The van der Waals surface area contributed by atoms with Gasteiger partial charge < -0.3 is 5.32 Å². The van der Waals surface area contributed by atoms with Crippen molar-refractivity contribution in [3.8, 4) is 0 Å². The Morgan fingerprint density at radius 1 is 1.17 bits per heavy atom. The van der Waals surface area contributed by atoms with Crippen LogP contribution < -0.4 is 10.0 Å². The van der Waals surface area contributed by atoms with Crippen LogP contribution >= 0.6 is 11.6 Å². The molecule has 1 amide bonds. The smallest absolute Gasteiger partial charge is 0.255 e. The highest BCUT2D eigenvalue weighted by Gasteiger charge is 2.29. The van der Waals surface area contributed by atoms with Crippen molar-refractivity contribution >= 4 is 33.2 Å². The molecule has 0 saturated heterocycles. The fraction of sp³-hybridized carbons (Fsp3) is 0.235. The van der Waals surface area contributed by atoms with Crippen LogP contribution in [0, 0.1) is 6.92 Å². The van der Waals surface area contributed by atoms with Gasteiger partial charge in [-0.1, -0.05) is 29.8 Å². The number of para-hydroxylation sites is 1. The van der Waals surface area contributed by atoms with Crippen molar-refractivity contribution < 1.29 is 13.2 Å². The third-order valence-corrected chi connectivity index (χ3v) is 5.78. The SMILES string of the molecule is Cc1ccccc1NC(=O)c1ccc(Cl)c(S(=O)(=O)NC2CC2)c1. The van der Waals surface area contributed by atoms with Crippen molar-refractivity contribution in [3.63, 3.8) is 0 Å². The van der Waals surface area contributed by atoms with Gasteiger partial charge in [0.1, 0.15) is 4.90 Å². The standard InChI is InChI=1S/C17H17ClN2O3S/c1-11-4-2-3-5-15(11)19-17(21)12-6-9-14(18)16(10-12)24(22,23)20-13-7-8-13/h2-6,9-10,13,20H,7-8H2,1H3,(H,19,21). The first kappa shape index (κ1) is 17.0. The summed E-state index contributed by atoms with van der Waals surface area (Å²) in [4.78, 5) is 12.3. The molecule has 1 saturated carbocycles. The van der Waals surface area contributed by atoms with Crippen LogP contribution in [-0.4, -0.2) is 20.4 Å². The van der Waals surface area contributed by atoms with Crippen molar-refractivity contribution in [1.82, 2.24) is 4.72 Å². The molecule has 0 atom stereocenters. The molecule has 0 spiro atoms. The van der Waals surface area contributed by atoms with E-state index in [4.69, 9.17) is 11.6 Å². The summed E-state index contributed by atoms with van der Waals surface area (Å²) >= 11 is 6.02. The molecule has 2 aromatic rings. The average Bonchev–Trinajstić information content (AvgIpc) is 3.33. The molecule has 7 heteroatoms. The number of carbonyl (C=O) groups excluding carboxylic acids is 1. The molecule has 0 heterocycles. The number of hydrogen-bond donors (Lipinski definition) is 2. The van der Waals surface area contributed by atoms with E-state index in [0.717, 1.165) is 18.4 Å². The lowest BCUT2D eigenvalue weighted by molar-refractivity contribution is 0.102. The minimum absolute atomic E-state index is 0.0319. The quantitative estimate of drug-likeness (QED) is 0.854. The number of nitrogens with one attached hydrogen (secondary N) is 2. The Labute approximate surface area is 146 Å². The minimum atomic E-state index is -3.73. The summed E-state index contributed by atoms with van der Waals surface area (Å²) in [6, 6.07) is 11.6. The Kier molecular flexibility index (Phi) is 4.62. The molecule has 2 aromatic carbocycles. The summed E-state index contributed by atoms with van der Waals surface area (Å²) in [7, 11) is -3.73. The van der Waals surface area contributed by atoms with Crippen molar-refractivity contribution in [2.75, 3.05) is 5.32 Å². The second-order valence-corrected chi connectivity index (χ2v) is 7.90. The Hall–Kier alpha value is -1.89. The largest absolute Gasteiger partial charge is 0.322 e. The highest BCUT2D eigenvalue weighted by Crippen LogP contribution is 2.27. The van der Waals surface area contributed by atoms with Gasteiger partial charge in [0.05, 0.1) is 5.02 Å². The molecule has 0 radical (unpaired) electrons. The van der Waals surface area contributed by atoms with Gasteiger partial charge >= 0.3 is 0 Å². The summed E-state index contributed by atoms with van der Waals surface area (Å²) in [5.41, 5.74) is 1.83. The molecule has 126 valence electrons. The zero-order valence-electron chi connectivity index (χ0n) is 13.0. The maximum absolute atomic E-state index is 12.4. The van der Waals surface area contributed by atoms with E-state index < -0.39 is 10.0 Å². The van der Waals surface area contributed by atoms with Crippen LogP contribution in [0.3, 0.4) is 0 Å². The monoisotopic (exact) mass is 364 g/mol. The summed E-state index contributed by atoms with van der Waals surface area (Å²) < 4.78 is 27.3.